The molecule has 0 radical (unpaired) electrons. The second-order valence-corrected chi connectivity index (χ2v) is 7.74. The molecule has 0 aromatic carbocycles. The Kier molecular flexibility index (Phi) is 5.27. The first-order valence-electron chi connectivity index (χ1n) is 8.69. The number of thiophene rings is 1. The zero-order valence-electron chi connectivity index (χ0n) is 14.9. The van der Waals surface area contributed by atoms with E-state index in [4.69, 9.17) is 4.74 Å². The Bertz CT molecular complexity index is 762. The molecule has 0 bridgehead atoms. The quantitative estimate of drug-likeness (QED) is 0.768. The molecule has 3 rings (SSSR count). The maximum absolute atomic E-state index is 12.8. The first-order chi connectivity index (χ1) is 12.0. The molecular formula is C19H24N2O3S. The second kappa shape index (κ2) is 7.44. The summed E-state index contributed by atoms with van der Waals surface area (Å²) < 4.78 is 7.35. The van der Waals surface area contributed by atoms with Crippen LogP contribution in [-0.4, -0.2) is 41.0 Å². The first-order valence-corrected chi connectivity index (χ1v) is 9.51. The molecule has 2 heterocycles. The molecule has 0 saturated carbocycles. The predicted octanol–water partition coefficient (Wildman–Crippen LogP) is 3.44. The number of likely N-dealkylation sites (N-methyl/N-ethyl adjacent to an activating group) is 1. The van der Waals surface area contributed by atoms with Crippen LogP contribution in [0.3, 0.4) is 0 Å². The molecule has 1 aliphatic carbocycles. The third-order valence-electron chi connectivity index (χ3n) is 4.69. The number of nitrogens with zero attached hydrogens (tertiary/aromatic N) is 2. The van der Waals surface area contributed by atoms with Crippen molar-refractivity contribution in [1.29, 1.82) is 0 Å². The number of hydrogen-bond donors (Lipinski definition) is 0. The van der Waals surface area contributed by atoms with E-state index in [9.17, 15) is 9.59 Å². The standard InChI is InChI=1S/C19H24N2O3S/c1-13(2)20(3)16(22)12-24-19(23)17-14-8-4-5-9-15(14)25-18(17)21-10-6-7-11-21/h6-7,10-11,13H,4-5,8-9,12H2,1-3H3. The van der Waals surface area contributed by atoms with E-state index >= 15 is 0 Å². The number of amides is 1. The summed E-state index contributed by atoms with van der Waals surface area (Å²) in [6.45, 7) is 3.64. The summed E-state index contributed by atoms with van der Waals surface area (Å²) in [7, 11) is 1.72. The van der Waals surface area contributed by atoms with Crippen molar-refractivity contribution in [2.45, 2.75) is 45.6 Å². The molecular weight excluding hydrogens is 336 g/mol. The number of aromatic nitrogens is 1. The lowest BCUT2D eigenvalue weighted by molar-refractivity contribution is -0.134. The van der Waals surface area contributed by atoms with Crippen LogP contribution in [0, 0.1) is 0 Å². The van der Waals surface area contributed by atoms with Gasteiger partial charge in [-0.15, -0.1) is 11.3 Å². The highest BCUT2D eigenvalue weighted by Crippen LogP contribution is 2.37. The molecule has 0 fully saturated rings. The minimum absolute atomic E-state index is 0.0792. The van der Waals surface area contributed by atoms with Crippen LogP contribution in [0.5, 0.6) is 0 Å². The molecule has 6 heteroatoms. The van der Waals surface area contributed by atoms with E-state index in [2.05, 4.69) is 0 Å². The third kappa shape index (κ3) is 3.63. The van der Waals surface area contributed by atoms with Gasteiger partial charge in [-0.25, -0.2) is 4.79 Å². The van der Waals surface area contributed by atoms with Crippen molar-refractivity contribution >= 4 is 23.2 Å². The van der Waals surface area contributed by atoms with Crippen molar-refractivity contribution in [3.8, 4) is 5.00 Å². The van der Waals surface area contributed by atoms with Crippen molar-refractivity contribution in [2.24, 2.45) is 0 Å². The summed E-state index contributed by atoms with van der Waals surface area (Å²) in [5, 5.41) is 0.895. The molecule has 0 unspecified atom stereocenters. The Labute approximate surface area is 152 Å². The van der Waals surface area contributed by atoms with Crippen LogP contribution in [0.15, 0.2) is 24.5 Å². The van der Waals surface area contributed by atoms with Crippen molar-refractivity contribution in [1.82, 2.24) is 9.47 Å². The number of hydrogen-bond acceptors (Lipinski definition) is 4. The maximum Gasteiger partial charge on any atom is 0.341 e. The molecule has 134 valence electrons. The number of rotatable bonds is 5. The van der Waals surface area contributed by atoms with Gasteiger partial charge in [0.15, 0.2) is 6.61 Å². The largest absolute Gasteiger partial charge is 0.452 e. The van der Waals surface area contributed by atoms with E-state index in [1.54, 1.807) is 23.3 Å². The maximum atomic E-state index is 12.8. The van der Waals surface area contributed by atoms with Gasteiger partial charge in [0.2, 0.25) is 0 Å². The lowest BCUT2D eigenvalue weighted by atomic mass is 9.95. The highest BCUT2D eigenvalue weighted by molar-refractivity contribution is 7.15. The Morgan fingerprint density at radius 3 is 2.60 bits per heavy atom. The molecule has 2 aromatic heterocycles. The van der Waals surface area contributed by atoms with Gasteiger partial charge in [-0.2, -0.15) is 0 Å². The molecule has 0 saturated heterocycles. The average molecular weight is 360 g/mol. The molecule has 1 amide bonds. The lowest BCUT2D eigenvalue weighted by Crippen LogP contribution is -2.36. The Balaban J connectivity index is 1.84. The summed E-state index contributed by atoms with van der Waals surface area (Å²) >= 11 is 1.66. The molecule has 0 spiro atoms. The highest BCUT2D eigenvalue weighted by atomic mass is 32.1. The van der Waals surface area contributed by atoms with Gasteiger partial charge in [0.25, 0.3) is 5.91 Å². The van der Waals surface area contributed by atoms with E-state index in [1.165, 1.54) is 4.88 Å². The van der Waals surface area contributed by atoms with Gasteiger partial charge in [-0.1, -0.05) is 0 Å². The number of ether oxygens (including phenoxy) is 1. The van der Waals surface area contributed by atoms with Crippen LogP contribution in [-0.2, 0) is 22.4 Å². The number of carbonyl (C=O) groups is 2. The number of aryl methyl sites for hydroxylation is 1. The fraction of sp³-hybridized carbons (Fsp3) is 0.474. The average Bonchev–Trinajstić information content (AvgIpc) is 3.25. The number of esters is 1. The van der Waals surface area contributed by atoms with Gasteiger partial charge in [-0.05, 0) is 57.2 Å². The summed E-state index contributed by atoms with van der Waals surface area (Å²) in [4.78, 5) is 27.8. The Hall–Kier alpha value is -2.08. The van der Waals surface area contributed by atoms with Gasteiger partial charge in [0.05, 0.1) is 5.56 Å². The predicted molar refractivity (Wildman–Crippen MR) is 98.5 cm³/mol. The molecule has 1 aliphatic rings. The highest BCUT2D eigenvalue weighted by Gasteiger charge is 2.27. The van der Waals surface area contributed by atoms with E-state index in [-0.39, 0.29) is 18.6 Å². The van der Waals surface area contributed by atoms with Crippen LogP contribution in [0.25, 0.3) is 5.00 Å². The smallest absolute Gasteiger partial charge is 0.341 e. The number of fused-ring (bicyclic) bond motifs is 1. The minimum atomic E-state index is -0.395. The van der Waals surface area contributed by atoms with Crippen LogP contribution in [0.2, 0.25) is 0 Å². The topological polar surface area (TPSA) is 51.5 Å². The SMILES string of the molecule is CC(C)N(C)C(=O)COC(=O)c1c(-n2cccc2)sc2c1CCCC2. The molecule has 0 atom stereocenters. The van der Waals surface area contributed by atoms with Crippen molar-refractivity contribution < 1.29 is 14.3 Å². The minimum Gasteiger partial charge on any atom is -0.452 e. The molecule has 0 aliphatic heterocycles. The summed E-state index contributed by atoms with van der Waals surface area (Å²) in [6, 6.07) is 3.96. The Morgan fingerprint density at radius 1 is 1.24 bits per heavy atom. The van der Waals surface area contributed by atoms with Crippen LogP contribution >= 0.6 is 11.3 Å². The van der Waals surface area contributed by atoms with Crippen molar-refractivity contribution in [3.63, 3.8) is 0 Å². The van der Waals surface area contributed by atoms with Crippen LogP contribution < -0.4 is 0 Å². The molecule has 5 nitrogen and oxygen atoms in total. The third-order valence-corrected chi connectivity index (χ3v) is 6.00. The fourth-order valence-electron chi connectivity index (χ4n) is 3.00. The van der Waals surface area contributed by atoms with E-state index < -0.39 is 5.97 Å². The second-order valence-electron chi connectivity index (χ2n) is 6.66. The summed E-state index contributed by atoms with van der Waals surface area (Å²) in [5.41, 5.74) is 1.74. The normalized spacial score (nSPS) is 13.6. The fourth-order valence-corrected chi connectivity index (χ4v) is 4.35. The van der Waals surface area contributed by atoms with Crippen molar-refractivity contribution in [3.05, 3.63) is 40.5 Å². The zero-order valence-corrected chi connectivity index (χ0v) is 15.8. The molecule has 0 N–H and O–H groups in total. The van der Waals surface area contributed by atoms with E-state index in [0.717, 1.165) is 36.2 Å². The lowest BCUT2D eigenvalue weighted by Gasteiger charge is -2.21. The monoisotopic (exact) mass is 360 g/mol. The van der Waals surface area contributed by atoms with Gasteiger partial charge in [0, 0.05) is 30.4 Å². The van der Waals surface area contributed by atoms with Crippen LogP contribution in [0.1, 0.15) is 47.5 Å². The van der Waals surface area contributed by atoms with E-state index in [1.807, 2.05) is 42.9 Å². The van der Waals surface area contributed by atoms with Gasteiger partial charge in [-0.3, -0.25) is 4.79 Å². The Morgan fingerprint density at radius 2 is 1.92 bits per heavy atom. The molecule has 2 aromatic rings. The van der Waals surface area contributed by atoms with Crippen molar-refractivity contribution in [2.75, 3.05) is 13.7 Å². The van der Waals surface area contributed by atoms with Gasteiger partial charge in [0.1, 0.15) is 5.00 Å². The zero-order chi connectivity index (χ0) is 18.0. The first kappa shape index (κ1) is 17.7. The van der Waals surface area contributed by atoms with E-state index in [0.29, 0.717) is 5.56 Å². The summed E-state index contributed by atoms with van der Waals surface area (Å²) in [6.07, 6.45) is 8.03. The van der Waals surface area contributed by atoms with Gasteiger partial charge < -0.3 is 14.2 Å². The van der Waals surface area contributed by atoms with Gasteiger partial charge >= 0.3 is 5.97 Å². The molecule has 25 heavy (non-hydrogen) atoms. The number of carbonyl (C=O) groups excluding carboxylic acids is 2. The summed E-state index contributed by atoms with van der Waals surface area (Å²) in [5.74, 6) is -0.580. The van der Waals surface area contributed by atoms with Crippen LogP contribution in [0.4, 0.5) is 0 Å².